The largest absolute Gasteiger partial charge is 0.480 e. The van der Waals surface area contributed by atoms with E-state index in [1.54, 1.807) is 0 Å². The highest BCUT2D eigenvalue weighted by atomic mass is 32.2. The molecule has 0 spiro atoms. The van der Waals surface area contributed by atoms with Crippen LogP contribution in [-0.2, 0) is 9.59 Å². The topological polar surface area (TPSA) is 57.6 Å². The molecule has 88 valence electrons. The molecule has 1 rings (SSSR count). The van der Waals surface area contributed by atoms with Crippen LogP contribution in [0.25, 0.3) is 0 Å². The van der Waals surface area contributed by atoms with Crippen LogP contribution in [0.15, 0.2) is 0 Å². The fourth-order valence-corrected chi connectivity index (χ4v) is 2.71. The average Bonchev–Trinajstić information content (AvgIpc) is 2.73. The summed E-state index contributed by atoms with van der Waals surface area (Å²) < 4.78 is 0. The first-order valence-corrected chi connectivity index (χ1v) is 6.35. The minimum Gasteiger partial charge on any atom is -0.480 e. The van der Waals surface area contributed by atoms with Crippen molar-refractivity contribution in [2.24, 2.45) is 0 Å². The Kier molecular flexibility index (Phi) is 5.20. The quantitative estimate of drug-likeness (QED) is 0.580. The molecule has 0 unspecified atom stereocenters. The fraction of sp³-hybridized carbons (Fsp3) is 0.636. The predicted octanol–water partition coefficient (Wildman–Crippen LogP) is 1.17. The van der Waals surface area contributed by atoms with E-state index in [0.29, 0.717) is 24.5 Å². The number of carbonyl (C=O) groups excluding carboxylic acids is 1. The first kappa shape index (κ1) is 12.9. The number of hydrogen-bond acceptors (Lipinski definition) is 3. The maximum Gasteiger partial charge on any atom is 0.327 e. The number of carboxylic acids is 1. The molecule has 0 aromatic carbocycles. The molecule has 0 aliphatic carbocycles. The summed E-state index contributed by atoms with van der Waals surface area (Å²) in [5.74, 6) is 2.51. The molecule has 16 heavy (non-hydrogen) atoms. The van der Waals surface area contributed by atoms with Crippen LogP contribution in [0.3, 0.4) is 0 Å². The standard InChI is InChI=1S/C11H15NO3S/c1-2-3-4-5-6-10(13)12-8-16-7-9(12)11(14)15/h1,9H,3-8H2,(H,14,15)/t9-/m0/s1. The molecule has 1 fully saturated rings. The summed E-state index contributed by atoms with van der Waals surface area (Å²) in [6, 6.07) is -0.648. The van der Waals surface area contributed by atoms with Crippen LogP contribution in [0.2, 0.25) is 0 Å². The van der Waals surface area contributed by atoms with Gasteiger partial charge in [-0.3, -0.25) is 4.79 Å². The van der Waals surface area contributed by atoms with E-state index in [4.69, 9.17) is 11.5 Å². The number of terminal acetylenes is 1. The summed E-state index contributed by atoms with van der Waals surface area (Å²) in [5.41, 5.74) is 0. The number of carbonyl (C=O) groups is 2. The first-order chi connectivity index (χ1) is 7.66. The minimum atomic E-state index is -0.915. The molecule has 1 amide bonds. The van der Waals surface area contributed by atoms with E-state index in [-0.39, 0.29) is 5.91 Å². The van der Waals surface area contributed by atoms with Gasteiger partial charge in [0.1, 0.15) is 6.04 Å². The molecule has 1 saturated heterocycles. The van der Waals surface area contributed by atoms with Gasteiger partial charge in [0.05, 0.1) is 5.88 Å². The molecule has 0 aromatic rings. The van der Waals surface area contributed by atoms with E-state index in [1.165, 1.54) is 16.7 Å². The van der Waals surface area contributed by atoms with Gasteiger partial charge >= 0.3 is 5.97 Å². The van der Waals surface area contributed by atoms with Crippen molar-refractivity contribution in [3.63, 3.8) is 0 Å². The molecular formula is C11H15NO3S. The zero-order valence-electron chi connectivity index (χ0n) is 9.02. The van der Waals surface area contributed by atoms with Crippen molar-refractivity contribution in [3.05, 3.63) is 0 Å². The van der Waals surface area contributed by atoms with Gasteiger partial charge in [-0.1, -0.05) is 0 Å². The fourth-order valence-electron chi connectivity index (χ4n) is 1.54. The number of unbranched alkanes of at least 4 members (excludes halogenated alkanes) is 2. The molecule has 1 aliphatic heterocycles. The third-order valence-corrected chi connectivity index (χ3v) is 3.46. The van der Waals surface area contributed by atoms with Crippen molar-refractivity contribution >= 4 is 23.6 Å². The van der Waals surface area contributed by atoms with E-state index in [0.717, 1.165) is 12.8 Å². The Labute approximate surface area is 99.4 Å². The van der Waals surface area contributed by atoms with Crippen LogP contribution in [0.4, 0.5) is 0 Å². The Morgan fingerprint density at radius 2 is 2.25 bits per heavy atom. The summed E-state index contributed by atoms with van der Waals surface area (Å²) in [6.07, 6.45) is 7.72. The minimum absolute atomic E-state index is 0.0746. The molecular weight excluding hydrogens is 226 g/mol. The summed E-state index contributed by atoms with van der Waals surface area (Å²) in [7, 11) is 0. The van der Waals surface area contributed by atoms with E-state index >= 15 is 0 Å². The zero-order chi connectivity index (χ0) is 12.0. The first-order valence-electron chi connectivity index (χ1n) is 5.20. The number of aliphatic carboxylic acids is 1. The molecule has 0 aromatic heterocycles. The highest BCUT2D eigenvalue weighted by Gasteiger charge is 2.33. The second-order valence-electron chi connectivity index (χ2n) is 3.63. The number of rotatable bonds is 5. The smallest absolute Gasteiger partial charge is 0.327 e. The van der Waals surface area contributed by atoms with Gasteiger partial charge < -0.3 is 10.0 Å². The van der Waals surface area contributed by atoms with E-state index in [2.05, 4.69) is 5.92 Å². The van der Waals surface area contributed by atoms with Crippen LogP contribution in [0, 0.1) is 12.3 Å². The van der Waals surface area contributed by atoms with Crippen LogP contribution in [0.5, 0.6) is 0 Å². The van der Waals surface area contributed by atoms with Crippen LogP contribution < -0.4 is 0 Å². The Hall–Kier alpha value is -1.15. The lowest BCUT2D eigenvalue weighted by molar-refractivity contribution is -0.147. The molecule has 1 aliphatic rings. The summed E-state index contributed by atoms with van der Waals surface area (Å²) in [5, 5.41) is 8.91. The lowest BCUT2D eigenvalue weighted by atomic mass is 10.1. The van der Waals surface area contributed by atoms with Crippen molar-refractivity contribution in [1.82, 2.24) is 4.90 Å². The van der Waals surface area contributed by atoms with Crippen LogP contribution in [0.1, 0.15) is 25.7 Å². The maximum absolute atomic E-state index is 11.7. The van der Waals surface area contributed by atoms with Crippen molar-refractivity contribution in [2.75, 3.05) is 11.6 Å². The van der Waals surface area contributed by atoms with Gasteiger partial charge in [0.25, 0.3) is 0 Å². The van der Waals surface area contributed by atoms with Gasteiger partial charge in [-0.05, 0) is 12.8 Å². The zero-order valence-corrected chi connectivity index (χ0v) is 9.83. The van der Waals surface area contributed by atoms with Gasteiger partial charge in [0.2, 0.25) is 5.91 Å². The second kappa shape index (κ2) is 6.44. The van der Waals surface area contributed by atoms with E-state index < -0.39 is 12.0 Å². The van der Waals surface area contributed by atoms with Gasteiger partial charge in [-0.2, -0.15) is 0 Å². The normalized spacial score (nSPS) is 19.4. The lowest BCUT2D eigenvalue weighted by Gasteiger charge is -2.20. The number of carboxylic acid groups (broad SMARTS) is 1. The molecule has 1 heterocycles. The Morgan fingerprint density at radius 1 is 1.50 bits per heavy atom. The van der Waals surface area contributed by atoms with Gasteiger partial charge in [-0.15, -0.1) is 24.1 Å². The van der Waals surface area contributed by atoms with Crippen molar-refractivity contribution in [3.8, 4) is 12.3 Å². The molecule has 5 heteroatoms. The van der Waals surface area contributed by atoms with E-state index in [9.17, 15) is 9.59 Å². The second-order valence-corrected chi connectivity index (χ2v) is 4.63. The summed E-state index contributed by atoms with van der Waals surface area (Å²) in [6.45, 7) is 0. The summed E-state index contributed by atoms with van der Waals surface area (Å²) >= 11 is 1.48. The number of nitrogens with zero attached hydrogens (tertiary/aromatic N) is 1. The van der Waals surface area contributed by atoms with Gasteiger partial charge in [0, 0.05) is 18.6 Å². The molecule has 1 atom stereocenters. The average molecular weight is 241 g/mol. The SMILES string of the molecule is C#CCCCCC(=O)N1CSC[C@H]1C(=O)O. The Balaban J connectivity index is 2.36. The highest BCUT2D eigenvalue weighted by molar-refractivity contribution is 7.99. The molecule has 0 bridgehead atoms. The molecule has 1 N–H and O–H groups in total. The van der Waals surface area contributed by atoms with Crippen LogP contribution in [-0.4, -0.2) is 39.6 Å². The predicted molar refractivity (Wildman–Crippen MR) is 62.9 cm³/mol. The van der Waals surface area contributed by atoms with Gasteiger partial charge in [-0.25, -0.2) is 4.79 Å². The summed E-state index contributed by atoms with van der Waals surface area (Å²) in [4.78, 5) is 24.0. The third kappa shape index (κ3) is 3.46. The van der Waals surface area contributed by atoms with Crippen LogP contribution >= 0.6 is 11.8 Å². The van der Waals surface area contributed by atoms with Crippen molar-refractivity contribution < 1.29 is 14.7 Å². The molecule has 0 radical (unpaired) electrons. The molecule has 4 nitrogen and oxygen atoms in total. The monoisotopic (exact) mass is 241 g/mol. The van der Waals surface area contributed by atoms with Gasteiger partial charge in [0.15, 0.2) is 0 Å². The number of amides is 1. The Morgan fingerprint density at radius 3 is 2.88 bits per heavy atom. The van der Waals surface area contributed by atoms with Crippen molar-refractivity contribution in [2.45, 2.75) is 31.7 Å². The number of hydrogen-bond donors (Lipinski definition) is 1. The van der Waals surface area contributed by atoms with E-state index in [1.807, 2.05) is 0 Å². The number of thioether (sulfide) groups is 1. The Bertz CT molecular complexity index is 311. The molecule has 0 saturated carbocycles. The maximum atomic E-state index is 11.7. The lowest BCUT2D eigenvalue weighted by Crippen LogP contribution is -2.41. The van der Waals surface area contributed by atoms with Crippen molar-refractivity contribution in [1.29, 1.82) is 0 Å². The highest BCUT2D eigenvalue weighted by Crippen LogP contribution is 2.22. The third-order valence-electron chi connectivity index (χ3n) is 2.45.